The van der Waals surface area contributed by atoms with Crippen LogP contribution in [0.15, 0.2) is 48.5 Å². The quantitative estimate of drug-likeness (QED) is 0.881. The molecule has 3 rings (SSSR count). The van der Waals surface area contributed by atoms with Gasteiger partial charge in [-0.2, -0.15) is 0 Å². The number of hydrogen-bond donors (Lipinski definition) is 2. The molecule has 108 valence electrons. The van der Waals surface area contributed by atoms with Gasteiger partial charge in [-0.25, -0.2) is 0 Å². The van der Waals surface area contributed by atoms with Gasteiger partial charge in [0.25, 0.3) is 0 Å². The van der Waals surface area contributed by atoms with Crippen LogP contribution in [0.4, 0.5) is 0 Å². The number of amides is 1. The van der Waals surface area contributed by atoms with Crippen molar-refractivity contribution in [1.82, 2.24) is 5.32 Å². The first-order valence-electron chi connectivity index (χ1n) is 7.06. The average Bonchev–Trinajstić information content (AvgIpc) is 2.96. The summed E-state index contributed by atoms with van der Waals surface area (Å²) in [7, 11) is 0. The SMILES string of the molecule is NC(=O)[C@H](NCc1ccc2c(c1)CCO2)c1ccccc1. The van der Waals surface area contributed by atoms with Crippen LogP contribution < -0.4 is 15.8 Å². The Labute approximate surface area is 123 Å². The monoisotopic (exact) mass is 282 g/mol. The van der Waals surface area contributed by atoms with Crippen LogP contribution in [0.25, 0.3) is 0 Å². The Morgan fingerprint density at radius 1 is 1.24 bits per heavy atom. The fourth-order valence-corrected chi connectivity index (χ4v) is 2.60. The predicted octanol–water partition coefficient (Wildman–Crippen LogP) is 1.94. The smallest absolute Gasteiger partial charge is 0.239 e. The number of benzene rings is 2. The van der Waals surface area contributed by atoms with Gasteiger partial charge < -0.3 is 10.5 Å². The van der Waals surface area contributed by atoms with Gasteiger partial charge in [0.15, 0.2) is 0 Å². The molecule has 0 saturated carbocycles. The van der Waals surface area contributed by atoms with Crippen molar-refractivity contribution >= 4 is 5.91 Å². The van der Waals surface area contributed by atoms with Crippen molar-refractivity contribution < 1.29 is 9.53 Å². The molecule has 1 aliphatic rings. The second-order valence-electron chi connectivity index (χ2n) is 5.17. The number of rotatable bonds is 5. The highest BCUT2D eigenvalue weighted by Crippen LogP contribution is 2.26. The molecular weight excluding hydrogens is 264 g/mol. The van der Waals surface area contributed by atoms with Crippen molar-refractivity contribution in [2.24, 2.45) is 5.73 Å². The molecule has 0 fully saturated rings. The van der Waals surface area contributed by atoms with E-state index in [2.05, 4.69) is 11.4 Å². The molecule has 1 atom stereocenters. The molecule has 0 unspecified atom stereocenters. The van der Waals surface area contributed by atoms with Gasteiger partial charge in [-0.15, -0.1) is 0 Å². The number of carbonyl (C=O) groups excluding carboxylic acids is 1. The number of nitrogens with two attached hydrogens (primary N) is 1. The molecule has 0 aliphatic carbocycles. The Morgan fingerprint density at radius 3 is 2.81 bits per heavy atom. The Morgan fingerprint density at radius 2 is 2.05 bits per heavy atom. The lowest BCUT2D eigenvalue weighted by Crippen LogP contribution is -2.33. The van der Waals surface area contributed by atoms with Crippen molar-refractivity contribution in [3.8, 4) is 5.75 Å². The Bertz CT molecular complexity index is 640. The third-order valence-corrected chi connectivity index (χ3v) is 3.68. The van der Waals surface area contributed by atoms with Gasteiger partial charge in [0, 0.05) is 13.0 Å². The second-order valence-corrected chi connectivity index (χ2v) is 5.17. The molecule has 1 heterocycles. The minimum Gasteiger partial charge on any atom is -0.493 e. The van der Waals surface area contributed by atoms with E-state index in [1.54, 1.807) is 0 Å². The molecule has 1 aliphatic heterocycles. The van der Waals surface area contributed by atoms with E-state index in [4.69, 9.17) is 10.5 Å². The summed E-state index contributed by atoms with van der Waals surface area (Å²) in [6.45, 7) is 1.34. The van der Waals surface area contributed by atoms with E-state index < -0.39 is 6.04 Å². The highest BCUT2D eigenvalue weighted by molar-refractivity contribution is 5.81. The van der Waals surface area contributed by atoms with Gasteiger partial charge >= 0.3 is 0 Å². The third kappa shape index (κ3) is 3.06. The molecule has 4 nitrogen and oxygen atoms in total. The molecule has 0 radical (unpaired) electrons. The minimum absolute atomic E-state index is 0.370. The molecule has 0 bridgehead atoms. The number of ether oxygens (including phenoxy) is 1. The van der Waals surface area contributed by atoms with Crippen molar-refractivity contribution in [3.05, 3.63) is 65.2 Å². The van der Waals surface area contributed by atoms with Crippen LogP contribution in [0.2, 0.25) is 0 Å². The van der Waals surface area contributed by atoms with Crippen LogP contribution in [0.3, 0.4) is 0 Å². The van der Waals surface area contributed by atoms with E-state index in [9.17, 15) is 4.79 Å². The van der Waals surface area contributed by atoms with Crippen molar-refractivity contribution in [3.63, 3.8) is 0 Å². The van der Waals surface area contributed by atoms with Crippen molar-refractivity contribution in [2.75, 3.05) is 6.61 Å². The first-order valence-corrected chi connectivity index (χ1v) is 7.06. The topological polar surface area (TPSA) is 64.4 Å². The zero-order chi connectivity index (χ0) is 14.7. The van der Waals surface area contributed by atoms with E-state index in [1.807, 2.05) is 42.5 Å². The molecule has 2 aromatic carbocycles. The predicted molar refractivity (Wildman–Crippen MR) is 80.9 cm³/mol. The highest BCUT2D eigenvalue weighted by Gasteiger charge is 2.17. The summed E-state index contributed by atoms with van der Waals surface area (Å²) < 4.78 is 5.49. The van der Waals surface area contributed by atoms with Crippen LogP contribution in [0, 0.1) is 0 Å². The number of nitrogens with one attached hydrogen (secondary N) is 1. The van der Waals surface area contributed by atoms with Crippen LogP contribution in [0.1, 0.15) is 22.7 Å². The molecular formula is C17H18N2O2. The van der Waals surface area contributed by atoms with Gasteiger partial charge in [-0.05, 0) is 22.8 Å². The summed E-state index contributed by atoms with van der Waals surface area (Å²) in [6.07, 6.45) is 0.946. The van der Waals surface area contributed by atoms with Gasteiger partial charge in [0.05, 0.1) is 6.61 Å². The fraction of sp³-hybridized carbons (Fsp3) is 0.235. The summed E-state index contributed by atoms with van der Waals surface area (Å²) in [5, 5.41) is 3.23. The van der Waals surface area contributed by atoms with Crippen molar-refractivity contribution in [1.29, 1.82) is 0 Å². The summed E-state index contributed by atoms with van der Waals surface area (Å²) in [4.78, 5) is 11.6. The molecule has 0 aromatic heterocycles. The Balaban J connectivity index is 1.71. The maximum Gasteiger partial charge on any atom is 0.239 e. The number of fused-ring (bicyclic) bond motifs is 1. The van der Waals surface area contributed by atoms with Crippen LogP contribution in [-0.2, 0) is 17.8 Å². The number of primary amides is 1. The molecule has 4 heteroatoms. The molecule has 3 N–H and O–H groups in total. The van der Waals surface area contributed by atoms with E-state index in [0.717, 1.165) is 29.9 Å². The summed E-state index contributed by atoms with van der Waals surface area (Å²) in [5.41, 5.74) is 8.74. The third-order valence-electron chi connectivity index (χ3n) is 3.68. The Hall–Kier alpha value is -2.33. The number of carbonyl (C=O) groups is 1. The second kappa shape index (κ2) is 5.97. The standard InChI is InChI=1S/C17H18N2O2/c18-17(20)16(13-4-2-1-3-5-13)19-11-12-6-7-15-14(10-12)8-9-21-15/h1-7,10,16,19H,8-9,11H2,(H2,18,20)/t16-/m1/s1. The molecule has 2 aromatic rings. The molecule has 1 amide bonds. The Kier molecular flexibility index (Phi) is 3.88. The van der Waals surface area contributed by atoms with Crippen LogP contribution >= 0.6 is 0 Å². The van der Waals surface area contributed by atoms with Crippen molar-refractivity contribution in [2.45, 2.75) is 19.0 Å². The lowest BCUT2D eigenvalue weighted by molar-refractivity contribution is -0.120. The maximum absolute atomic E-state index is 11.6. The summed E-state index contributed by atoms with van der Waals surface area (Å²) in [6, 6.07) is 15.2. The van der Waals surface area contributed by atoms with Gasteiger partial charge in [0.1, 0.15) is 11.8 Å². The first kappa shape index (κ1) is 13.6. The molecule has 0 saturated heterocycles. The zero-order valence-electron chi connectivity index (χ0n) is 11.7. The maximum atomic E-state index is 11.6. The zero-order valence-corrected chi connectivity index (χ0v) is 11.7. The molecule has 21 heavy (non-hydrogen) atoms. The summed E-state index contributed by atoms with van der Waals surface area (Å²) >= 11 is 0. The normalized spacial score (nSPS) is 14.3. The lowest BCUT2D eigenvalue weighted by Gasteiger charge is -2.16. The van der Waals surface area contributed by atoms with Crippen LogP contribution in [-0.4, -0.2) is 12.5 Å². The van der Waals surface area contributed by atoms with Gasteiger partial charge in [-0.1, -0.05) is 42.5 Å². The highest BCUT2D eigenvalue weighted by atomic mass is 16.5. The lowest BCUT2D eigenvalue weighted by atomic mass is 10.0. The largest absolute Gasteiger partial charge is 0.493 e. The van der Waals surface area contributed by atoms with Gasteiger partial charge in [0.2, 0.25) is 5.91 Å². The first-order chi connectivity index (χ1) is 10.2. The van der Waals surface area contributed by atoms with E-state index in [0.29, 0.717) is 6.54 Å². The fourth-order valence-electron chi connectivity index (χ4n) is 2.60. The van der Waals surface area contributed by atoms with Gasteiger partial charge in [-0.3, -0.25) is 10.1 Å². The number of hydrogen-bond acceptors (Lipinski definition) is 3. The summed E-state index contributed by atoms with van der Waals surface area (Å²) in [5.74, 6) is 0.596. The van der Waals surface area contributed by atoms with E-state index in [1.165, 1.54) is 5.56 Å². The minimum atomic E-state index is -0.476. The van der Waals surface area contributed by atoms with E-state index in [-0.39, 0.29) is 5.91 Å². The average molecular weight is 282 g/mol. The van der Waals surface area contributed by atoms with Crippen LogP contribution in [0.5, 0.6) is 5.75 Å². The van der Waals surface area contributed by atoms with E-state index >= 15 is 0 Å². The molecule has 0 spiro atoms.